The fourth-order valence-corrected chi connectivity index (χ4v) is 3.20. The number of rotatable bonds is 3. The Morgan fingerprint density at radius 2 is 1.95 bits per heavy atom. The van der Waals surface area contributed by atoms with Crippen LogP contribution in [0.25, 0.3) is 0 Å². The first kappa shape index (κ1) is 12.6. The molecule has 0 radical (unpaired) electrons. The number of hydrogen-bond donors (Lipinski definition) is 1. The highest BCUT2D eigenvalue weighted by Gasteiger charge is 2.37. The lowest BCUT2D eigenvalue weighted by Crippen LogP contribution is -2.25. The SMILES string of the molecule is CC1CCC(n2nnc(C(=O)O)c2C2CC2)CC1C. The fraction of sp³-hybridized carbons (Fsp3) is 0.786. The van der Waals surface area contributed by atoms with Crippen LogP contribution in [0.4, 0.5) is 0 Å². The van der Waals surface area contributed by atoms with E-state index in [-0.39, 0.29) is 5.69 Å². The van der Waals surface area contributed by atoms with E-state index in [1.54, 1.807) is 0 Å². The highest BCUT2D eigenvalue weighted by Crippen LogP contribution is 2.44. The maximum Gasteiger partial charge on any atom is 0.358 e. The summed E-state index contributed by atoms with van der Waals surface area (Å²) in [6, 6.07) is 0.336. The molecule has 0 aliphatic heterocycles. The van der Waals surface area contributed by atoms with Crippen molar-refractivity contribution >= 4 is 5.97 Å². The minimum atomic E-state index is -0.939. The van der Waals surface area contributed by atoms with Crippen LogP contribution in [0.3, 0.4) is 0 Å². The highest BCUT2D eigenvalue weighted by atomic mass is 16.4. The number of carbonyl (C=O) groups is 1. The maximum absolute atomic E-state index is 11.3. The summed E-state index contributed by atoms with van der Waals surface area (Å²) in [5, 5.41) is 17.3. The van der Waals surface area contributed by atoms with Crippen LogP contribution in [-0.4, -0.2) is 26.1 Å². The van der Waals surface area contributed by atoms with Gasteiger partial charge in [-0.3, -0.25) is 0 Å². The number of aromatic nitrogens is 3. The average molecular weight is 263 g/mol. The quantitative estimate of drug-likeness (QED) is 0.910. The van der Waals surface area contributed by atoms with Gasteiger partial charge in [-0.1, -0.05) is 19.1 Å². The minimum absolute atomic E-state index is 0.175. The van der Waals surface area contributed by atoms with Gasteiger partial charge in [0.05, 0.1) is 11.7 Å². The average Bonchev–Trinajstić information content (AvgIpc) is 3.11. The molecule has 0 saturated heterocycles. The van der Waals surface area contributed by atoms with E-state index in [1.165, 1.54) is 6.42 Å². The number of carboxylic acids is 1. The lowest BCUT2D eigenvalue weighted by Gasteiger charge is -2.32. The zero-order chi connectivity index (χ0) is 13.6. The molecule has 0 aromatic carbocycles. The van der Waals surface area contributed by atoms with Gasteiger partial charge in [-0.2, -0.15) is 0 Å². The predicted molar refractivity (Wildman–Crippen MR) is 70.2 cm³/mol. The van der Waals surface area contributed by atoms with E-state index in [2.05, 4.69) is 24.2 Å². The first-order chi connectivity index (χ1) is 9.08. The van der Waals surface area contributed by atoms with Crippen LogP contribution < -0.4 is 0 Å². The fourth-order valence-electron chi connectivity index (χ4n) is 3.20. The third-order valence-electron chi connectivity index (χ3n) is 4.81. The molecule has 2 fully saturated rings. The van der Waals surface area contributed by atoms with Gasteiger partial charge < -0.3 is 5.11 Å². The van der Waals surface area contributed by atoms with Gasteiger partial charge in [0, 0.05) is 5.92 Å². The summed E-state index contributed by atoms with van der Waals surface area (Å²) in [6.07, 6.45) is 5.52. The monoisotopic (exact) mass is 263 g/mol. The maximum atomic E-state index is 11.3. The summed E-state index contributed by atoms with van der Waals surface area (Å²) in [5.74, 6) is 0.854. The van der Waals surface area contributed by atoms with Crippen LogP contribution in [-0.2, 0) is 0 Å². The summed E-state index contributed by atoms with van der Waals surface area (Å²) < 4.78 is 1.93. The zero-order valence-electron chi connectivity index (χ0n) is 11.5. The van der Waals surface area contributed by atoms with Gasteiger partial charge in [-0.05, 0) is 43.9 Å². The Hall–Kier alpha value is -1.39. The minimum Gasteiger partial charge on any atom is -0.476 e. The van der Waals surface area contributed by atoms with Crippen molar-refractivity contribution in [3.8, 4) is 0 Å². The largest absolute Gasteiger partial charge is 0.476 e. The number of nitrogens with zero attached hydrogens (tertiary/aromatic N) is 3. The molecule has 5 nitrogen and oxygen atoms in total. The Labute approximate surface area is 113 Å². The standard InChI is InChI=1S/C14H21N3O2/c1-8-3-6-11(7-9(8)2)17-13(10-4-5-10)12(14(18)19)15-16-17/h8-11H,3-7H2,1-2H3,(H,18,19). The van der Waals surface area contributed by atoms with Gasteiger partial charge in [-0.25, -0.2) is 9.48 Å². The van der Waals surface area contributed by atoms with Crippen LogP contribution in [0.5, 0.6) is 0 Å². The van der Waals surface area contributed by atoms with Crippen LogP contribution in [0.15, 0.2) is 0 Å². The predicted octanol–water partition coefficient (Wildman–Crippen LogP) is 2.85. The molecule has 1 aromatic rings. The Kier molecular flexibility index (Phi) is 3.07. The summed E-state index contributed by atoms with van der Waals surface area (Å²) >= 11 is 0. The molecule has 2 aliphatic carbocycles. The molecule has 3 rings (SSSR count). The van der Waals surface area contributed by atoms with Crippen LogP contribution in [0.1, 0.15) is 74.1 Å². The molecule has 2 saturated carbocycles. The van der Waals surface area contributed by atoms with Gasteiger partial charge in [0.1, 0.15) is 0 Å². The summed E-state index contributed by atoms with van der Waals surface area (Å²) in [4.78, 5) is 11.3. The lowest BCUT2D eigenvalue weighted by atomic mass is 9.79. The van der Waals surface area contributed by atoms with Crippen molar-refractivity contribution in [2.24, 2.45) is 11.8 Å². The molecule has 3 unspecified atom stereocenters. The van der Waals surface area contributed by atoms with Gasteiger partial charge in [0.25, 0.3) is 0 Å². The summed E-state index contributed by atoms with van der Waals surface area (Å²) in [5.41, 5.74) is 1.05. The van der Waals surface area contributed by atoms with Gasteiger partial charge in [-0.15, -0.1) is 5.10 Å². The normalized spacial score (nSPS) is 31.4. The Balaban J connectivity index is 1.90. The second-order valence-electron chi connectivity index (χ2n) is 6.27. The Bertz CT molecular complexity index is 493. The van der Waals surface area contributed by atoms with E-state index in [1.807, 2.05) is 4.68 Å². The molecule has 0 bridgehead atoms. The molecule has 1 N–H and O–H groups in total. The third-order valence-corrected chi connectivity index (χ3v) is 4.81. The van der Waals surface area contributed by atoms with Crippen LogP contribution in [0.2, 0.25) is 0 Å². The van der Waals surface area contributed by atoms with Crippen LogP contribution >= 0.6 is 0 Å². The van der Waals surface area contributed by atoms with Crippen molar-refractivity contribution in [1.82, 2.24) is 15.0 Å². The molecule has 1 aromatic heterocycles. The molecule has 2 aliphatic rings. The zero-order valence-corrected chi connectivity index (χ0v) is 11.5. The number of aromatic carboxylic acids is 1. The second kappa shape index (κ2) is 4.62. The van der Waals surface area contributed by atoms with E-state index >= 15 is 0 Å². The topological polar surface area (TPSA) is 68.0 Å². The van der Waals surface area contributed by atoms with Crippen molar-refractivity contribution in [2.45, 2.75) is 57.9 Å². The summed E-state index contributed by atoms with van der Waals surface area (Å²) in [6.45, 7) is 4.58. The van der Waals surface area contributed by atoms with Crippen molar-refractivity contribution < 1.29 is 9.90 Å². The Morgan fingerprint density at radius 3 is 2.53 bits per heavy atom. The molecule has 104 valence electrons. The van der Waals surface area contributed by atoms with E-state index < -0.39 is 5.97 Å². The molecular formula is C14H21N3O2. The molecule has 0 spiro atoms. The highest BCUT2D eigenvalue weighted by molar-refractivity contribution is 5.86. The van der Waals surface area contributed by atoms with Crippen molar-refractivity contribution in [3.63, 3.8) is 0 Å². The molecular weight excluding hydrogens is 242 g/mol. The molecule has 19 heavy (non-hydrogen) atoms. The number of hydrogen-bond acceptors (Lipinski definition) is 3. The van der Waals surface area contributed by atoms with Gasteiger partial charge in [0.15, 0.2) is 5.69 Å². The molecule has 1 heterocycles. The van der Waals surface area contributed by atoms with Crippen molar-refractivity contribution in [3.05, 3.63) is 11.4 Å². The van der Waals surface area contributed by atoms with E-state index in [9.17, 15) is 9.90 Å². The first-order valence-electron chi connectivity index (χ1n) is 7.26. The third kappa shape index (κ3) is 2.26. The number of carboxylic acid groups (broad SMARTS) is 1. The molecule has 5 heteroatoms. The first-order valence-corrected chi connectivity index (χ1v) is 7.26. The molecule has 3 atom stereocenters. The smallest absolute Gasteiger partial charge is 0.358 e. The Morgan fingerprint density at radius 1 is 1.21 bits per heavy atom. The molecule has 0 amide bonds. The van der Waals surface area contributed by atoms with E-state index in [0.717, 1.165) is 37.3 Å². The lowest BCUT2D eigenvalue weighted by molar-refractivity contribution is 0.0689. The second-order valence-corrected chi connectivity index (χ2v) is 6.27. The van der Waals surface area contributed by atoms with Crippen LogP contribution in [0, 0.1) is 11.8 Å². The van der Waals surface area contributed by atoms with Gasteiger partial charge in [0.2, 0.25) is 0 Å². The van der Waals surface area contributed by atoms with E-state index in [0.29, 0.717) is 17.9 Å². The summed E-state index contributed by atoms with van der Waals surface area (Å²) in [7, 11) is 0. The van der Waals surface area contributed by atoms with E-state index in [4.69, 9.17) is 0 Å². The van der Waals surface area contributed by atoms with Crippen molar-refractivity contribution in [2.75, 3.05) is 0 Å². The van der Waals surface area contributed by atoms with Crippen molar-refractivity contribution in [1.29, 1.82) is 0 Å². The van der Waals surface area contributed by atoms with Gasteiger partial charge >= 0.3 is 5.97 Å².